The van der Waals surface area contributed by atoms with Crippen molar-refractivity contribution >= 4 is 40.9 Å². The van der Waals surface area contributed by atoms with E-state index < -0.39 is 6.04 Å². The highest BCUT2D eigenvalue weighted by molar-refractivity contribution is 8.00. The molecular weight excluding hydrogens is 414 g/mol. The lowest BCUT2D eigenvalue weighted by Crippen LogP contribution is -2.38. The van der Waals surface area contributed by atoms with Gasteiger partial charge in [-0.3, -0.25) is 19.5 Å². The van der Waals surface area contributed by atoms with Gasteiger partial charge >= 0.3 is 0 Å². The van der Waals surface area contributed by atoms with Gasteiger partial charge in [-0.1, -0.05) is 48.0 Å². The van der Waals surface area contributed by atoms with Crippen molar-refractivity contribution in [2.45, 2.75) is 13.0 Å². The molecule has 1 heterocycles. The minimum atomic E-state index is -0.870. The maximum absolute atomic E-state index is 12.7. The van der Waals surface area contributed by atoms with Crippen LogP contribution in [-0.2, 0) is 14.4 Å². The summed E-state index contributed by atoms with van der Waals surface area (Å²) < 4.78 is 0. The number of carbonyl (C=O) groups excluding carboxylic acids is 3. The van der Waals surface area contributed by atoms with Gasteiger partial charge in [0.25, 0.3) is 5.91 Å². The fourth-order valence-corrected chi connectivity index (χ4v) is 3.38. The van der Waals surface area contributed by atoms with Gasteiger partial charge in [-0.2, -0.15) is 5.10 Å². The zero-order valence-electron chi connectivity index (χ0n) is 16.9. The molecule has 3 aromatic rings. The monoisotopic (exact) mass is 437 g/mol. The van der Waals surface area contributed by atoms with Crippen LogP contribution in [0.2, 0.25) is 0 Å². The molecule has 160 valence electrons. The number of anilines is 2. The largest absolute Gasteiger partial charge is 0.340 e. The first kappa shape index (κ1) is 22.1. The van der Waals surface area contributed by atoms with E-state index in [4.69, 9.17) is 0 Å². The third-order valence-corrected chi connectivity index (χ3v) is 5.20. The molecular formula is C22H23N5O3S. The topological polar surface area (TPSA) is 116 Å². The van der Waals surface area contributed by atoms with Crippen LogP contribution in [0.3, 0.4) is 0 Å². The molecule has 0 aliphatic heterocycles. The van der Waals surface area contributed by atoms with Crippen molar-refractivity contribution in [2.75, 3.05) is 22.1 Å². The molecule has 0 aliphatic carbocycles. The highest BCUT2D eigenvalue weighted by atomic mass is 32.2. The lowest BCUT2D eigenvalue weighted by Gasteiger charge is -2.18. The molecule has 0 radical (unpaired) electrons. The maximum Gasteiger partial charge on any atom is 0.251 e. The van der Waals surface area contributed by atoms with Crippen LogP contribution < -0.4 is 16.0 Å². The number of hydrogen-bond donors (Lipinski definition) is 4. The highest BCUT2D eigenvalue weighted by Gasteiger charge is 2.23. The molecule has 31 heavy (non-hydrogen) atoms. The van der Waals surface area contributed by atoms with Gasteiger partial charge in [-0.25, -0.2) is 0 Å². The minimum Gasteiger partial charge on any atom is -0.340 e. The number of nitrogens with one attached hydrogen (secondary N) is 4. The van der Waals surface area contributed by atoms with Crippen molar-refractivity contribution < 1.29 is 14.4 Å². The number of benzene rings is 2. The van der Waals surface area contributed by atoms with E-state index in [9.17, 15) is 14.4 Å². The Kier molecular flexibility index (Phi) is 7.83. The van der Waals surface area contributed by atoms with Gasteiger partial charge in [0.05, 0.1) is 23.4 Å². The summed E-state index contributed by atoms with van der Waals surface area (Å²) in [5.41, 5.74) is 2.97. The summed E-state index contributed by atoms with van der Waals surface area (Å²) in [6.45, 7) is 1.97. The summed E-state index contributed by atoms with van der Waals surface area (Å²) in [6.07, 6.45) is 3.02. The molecule has 1 aromatic heterocycles. The Balaban J connectivity index is 1.52. The minimum absolute atomic E-state index is 0.0453. The molecule has 0 fully saturated rings. The van der Waals surface area contributed by atoms with Crippen molar-refractivity contribution in [1.29, 1.82) is 0 Å². The van der Waals surface area contributed by atoms with Crippen molar-refractivity contribution in [3.05, 3.63) is 78.1 Å². The second kappa shape index (κ2) is 11.0. The van der Waals surface area contributed by atoms with Crippen molar-refractivity contribution in [1.82, 2.24) is 15.5 Å². The van der Waals surface area contributed by atoms with Crippen molar-refractivity contribution in [3.63, 3.8) is 0 Å². The summed E-state index contributed by atoms with van der Waals surface area (Å²) in [6, 6.07) is 15.6. The number of carbonyl (C=O) groups is 3. The molecule has 0 saturated carbocycles. The van der Waals surface area contributed by atoms with Crippen LogP contribution in [0.25, 0.3) is 0 Å². The number of aromatic amines is 1. The Bertz CT molecular complexity index is 1010. The van der Waals surface area contributed by atoms with E-state index in [-0.39, 0.29) is 29.2 Å². The van der Waals surface area contributed by atoms with Crippen LogP contribution in [0.5, 0.6) is 0 Å². The van der Waals surface area contributed by atoms with Gasteiger partial charge in [-0.05, 0) is 24.6 Å². The second-order valence-corrected chi connectivity index (χ2v) is 7.78. The van der Waals surface area contributed by atoms with Gasteiger partial charge in [0, 0.05) is 11.9 Å². The molecule has 1 atom stereocenters. The Morgan fingerprint density at radius 3 is 2.32 bits per heavy atom. The lowest BCUT2D eigenvalue weighted by molar-refractivity contribution is -0.125. The van der Waals surface area contributed by atoms with Crippen LogP contribution >= 0.6 is 11.8 Å². The van der Waals surface area contributed by atoms with E-state index in [1.54, 1.807) is 30.5 Å². The van der Waals surface area contributed by atoms with Crippen LogP contribution in [0.4, 0.5) is 11.4 Å². The first-order valence-corrected chi connectivity index (χ1v) is 10.7. The van der Waals surface area contributed by atoms with Crippen LogP contribution in [0, 0.1) is 6.92 Å². The maximum atomic E-state index is 12.7. The first-order valence-electron chi connectivity index (χ1n) is 9.59. The number of nitrogens with zero attached hydrogens (tertiary/aromatic N) is 1. The quantitative estimate of drug-likeness (QED) is 0.411. The Hall–Kier alpha value is -3.59. The standard InChI is InChI=1S/C22H23N5O3S/c1-15-7-9-17(10-8-15)25-19(28)13-31-14-20(29)27-21(16-5-3-2-4-6-16)22(30)26-18-11-23-24-12-18/h2-12,21H,13-14H2,1H3,(H,23,24)(H,25,28)(H,26,30)(H,27,29)/t21-/m1/s1. The number of aromatic nitrogens is 2. The van der Waals surface area contributed by atoms with Gasteiger partial charge in [0.1, 0.15) is 6.04 Å². The van der Waals surface area contributed by atoms with Crippen LogP contribution in [0.1, 0.15) is 17.2 Å². The number of thioether (sulfide) groups is 1. The molecule has 0 unspecified atom stereocenters. The van der Waals surface area contributed by atoms with E-state index in [0.29, 0.717) is 16.9 Å². The van der Waals surface area contributed by atoms with E-state index in [1.165, 1.54) is 18.0 Å². The molecule has 4 N–H and O–H groups in total. The lowest BCUT2D eigenvalue weighted by atomic mass is 10.1. The number of amides is 3. The normalized spacial score (nSPS) is 11.4. The van der Waals surface area contributed by atoms with E-state index in [0.717, 1.165) is 5.56 Å². The predicted molar refractivity (Wildman–Crippen MR) is 122 cm³/mol. The number of hydrogen-bond acceptors (Lipinski definition) is 5. The van der Waals surface area contributed by atoms with Crippen LogP contribution in [0.15, 0.2) is 67.0 Å². The van der Waals surface area contributed by atoms with Gasteiger partial charge in [-0.15, -0.1) is 11.8 Å². The summed E-state index contributed by atoms with van der Waals surface area (Å²) in [5, 5.41) is 14.7. The number of aryl methyl sites for hydroxylation is 1. The van der Waals surface area contributed by atoms with Crippen LogP contribution in [-0.4, -0.2) is 39.4 Å². The Morgan fingerprint density at radius 1 is 0.935 bits per heavy atom. The van der Waals surface area contributed by atoms with Gasteiger partial charge < -0.3 is 16.0 Å². The Labute approximate surface area is 184 Å². The molecule has 3 amide bonds. The van der Waals surface area contributed by atoms with Crippen molar-refractivity contribution in [3.8, 4) is 0 Å². The molecule has 0 spiro atoms. The van der Waals surface area contributed by atoms with Gasteiger partial charge in [0.15, 0.2) is 0 Å². The average molecular weight is 438 g/mol. The number of rotatable bonds is 9. The molecule has 2 aromatic carbocycles. The second-order valence-electron chi connectivity index (χ2n) is 6.79. The summed E-state index contributed by atoms with van der Waals surface area (Å²) >= 11 is 1.18. The third kappa shape index (κ3) is 7.00. The summed E-state index contributed by atoms with van der Waals surface area (Å²) in [4.78, 5) is 37.2. The fourth-order valence-electron chi connectivity index (χ4n) is 2.75. The number of H-pyrrole nitrogens is 1. The third-order valence-electron chi connectivity index (χ3n) is 4.27. The van der Waals surface area contributed by atoms with Crippen molar-refractivity contribution in [2.24, 2.45) is 0 Å². The molecule has 9 heteroatoms. The molecule has 0 aliphatic rings. The summed E-state index contributed by atoms with van der Waals surface area (Å²) in [5.74, 6) is -0.756. The molecule has 3 rings (SSSR count). The molecule has 8 nitrogen and oxygen atoms in total. The van der Waals surface area contributed by atoms with Gasteiger partial charge in [0.2, 0.25) is 11.8 Å². The highest BCUT2D eigenvalue weighted by Crippen LogP contribution is 2.16. The van der Waals surface area contributed by atoms with E-state index in [1.807, 2.05) is 37.3 Å². The zero-order chi connectivity index (χ0) is 22.1. The molecule has 0 bridgehead atoms. The van der Waals surface area contributed by atoms with E-state index >= 15 is 0 Å². The molecule has 0 saturated heterocycles. The smallest absolute Gasteiger partial charge is 0.251 e. The zero-order valence-corrected chi connectivity index (χ0v) is 17.7. The summed E-state index contributed by atoms with van der Waals surface area (Å²) in [7, 11) is 0. The first-order chi connectivity index (χ1) is 15.0. The SMILES string of the molecule is Cc1ccc(NC(=O)CSCC(=O)N[C@@H](C(=O)Nc2cn[nH]c2)c2ccccc2)cc1. The fraction of sp³-hybridized carbons (Fsp3) is 0.182. The predicted octanol–water partition coefficient (Wildman–Crippen LogP) is 2.89. The average Bonchev–Trinajstić information content (AvgIpc) is 3.27. The van der Waals surface area contributed by atoms with E-state index in [2.05, 4.69) is 26.1 Å². The Morgan fingerprint density at radius 2 is 1.65 bits per heavy atom.